The number of carbonyl (C=O) groups excluding carboxylic acids is 2. The van der Waals surface area contributed by atoms with Crippen LogP contribution in [0.5, 0.6) is 5.75 Å². The van der Waals surface area contributed by atoms with Crippen molar-refractivity contribution in [3.8, 4) is 5.75 Å². The molecule has 0 saturated carbocycles. The van der Waals surface area contributed by atoms with Crippen LogP contribution in [0.4, 0.5) is 14.7 Å². The van der Waals surface area contributed by atoms with E-state index in [2.05, 4.69) is 5.32 Å². The molecule has 3 atom stereocenters. The molecule has 1 aromatic heterocycles. The zero-order valence-electron chi connectivity index (χ0n) is 17.6. The molecule has 0 aliphatic carbocycles. The van der Waals surface area contributed by atoms with Crippen LogP contribution in [0, 0.1) is 0 Å². The highest BCUT2D eigenvalue weighted by Gasteiger charge is 2.49. The number of urea groups is 1. The van der Waals surface area contributed by atoms with Crippen molar-refractivity contribution in [1.29, 1.82) is 0 Å². The maximum atomic E-state index is 12.9. The van der Waals surface area contributed by atoms with E-state index in [9.17, 15) is 9.59 Å². The number of ether oxygens (including phenoxy) is 2. The summed E-state index contributed by atoms with van der Waals surface area (Å²) in [7, 11) is 0. The Kier molecular flexibility index (Phi) is 4.36. The number of hydrogen-bond acceptors (Lipinski definition) is 6. The Labute approximate surface area is 179 Å². The summed E-state index contributed by atoms with van der Waals surface area (Å²) >= 11 is 1.53. The molecular formula is C21H26N4O4S. The molecule has 4 heterocycles. The van der Waals surface area contributed by atoms with Crippen LogP contribution < -0.4 is 15.0 Å². The van der Waals surface area contributed by atoms with Crippen molar-refractivity contribution in [1.82, 2.24) is 15.2 Å². The highest BCUT2D eigenvalue weighted by atomic mass is 32.1. The zero-order valence-corrected chi connectivity index (χ0v) is 18.4. The molecule has 160 valence electrons. The van der Waals surface area contributed by atoms with Crippen LogP contribution in [0.1, 0.15) is 39.7 Å². The Morgan fingerprint density at radius 2 is 2.17 bits per heavy atom. The summed E-state index contributed by atoms with van der Waals surface area (Å²) in [5.74, 6) is 0.891. The van der Waals surface area contributed by atoms with Gasteiger partial charge in [-0.3, -0.25) is 4.90 Å². The summed E-state index contributed by atoms with van der Waals surface area (Å²) in [4.78, 5) is 33.9. The lowest BCUT2D eigenvalue weighted by Gasteiger charge is -2.41. The fraction of sp³-hybridized carbons (Fsp3) is 0.571. The summed E-state index contributed by atoms with van der Waals surface area (Å²) in [5.41, 5.74) is 1.50. The third-order valence-electron chi connectivity index (χ3n) is 5.99. The standard InChI is InChI=1S/C21H26N4O4S/c1-11-16-13(7-9-24(11)20(27)29-21(2,3)4)25(18(26)22-16)19-23-17-12-8-10-28-14(12)5-6-15(17)30-19/h5-6,11,13,16H,7-10H2,1-4H3,(H,22,26)/t11-,13-,16+/m1/s1. The number of hydrogen-bond donors (Lipinski definition) is 1. The molecule has 2 fully saturated rings. The van der Waals surface area contributed by atoms with Crippen LogP contribution in [0.2, 0.25) is 0 Å². The van der Waals surface area contributed by atoms with Crippen molar-refractivity contribution in [2.24, 2.45) is 0 Å². The van der Waals surface area contributed by atoms with E-state index >= 15 is 0 Å². The highest BCUT2D eigenvalue weighted by molar-refractivity contribution is 7.22. The van der Waals surface area contributed by atoms with E-state index < -0.39 is 5.60 Å². The minimum atomic E-state index is -0.552. The van der Waals surface area contributed by atoms with Gasteiger partial charge in [-0.15, -0.1) is 0 Å². The summed E-state index contributed by atoms with van der Waals surface area (Å²) in [6, 6.07) is 3.46. The van der Waals surface area contributed by atoms with Gasteiger partial charge < -0.3 is 19.7 Å². The molecule has 3 aliphatic heterocycles. The van der Waals surface area contributed by atoms with Gasteiger partial charge in [-0.25, -0.2) is 14.6 Å². The van der Waals surface area contributed by atoms with Crippen LogP contribution in [0.15, 0.2) is 12.1 Å². The fourth-order valence-electron chi connectivity index (χ4n) is 4.61. The molecule has 5 rings (SSSR count). The number of likely N-dealkylation sites (tertiary alicyclic amines) is 1. The Balaban J connectivity index is 1.41. The number of fused-ring (bicyclic) bond motifs is 4. The van der Waals surface area contributed by atoms with Crippen LogP contribution in [0.3, 0.4) is 0 Å². The average Bonchev–Trinajstić information content (AvgIpc) is 3.35. The van der Waals surface area contributed by atoms with E-state index in [-0.39, 0.29) is 30.2 Å². The molecular weight excluding hydrogens is 404 g/mol. The van der Waals surface area contributed by atoms with E-state index in [1.165, 1.54) is 11.3 Å². The number of benzene rings is 1. The minimum Gasteiger partial charge on any atom is -0.493 e. The van der Waals surface area contributed by atoms with Crippen molar-refractivity contribution in [3.05, 3.63) is 17.7 Å². The lowest BCUT2D eigenvalue weighted by atomic mass is 9.93. The second kappa shape index (κ2) is 6.73. The van der Waals surface area contributed by atoms with Crippen molar-refractivity contribution in [2.45, 2.75) is 64.3 Å². The van der Waals surface area contributed by atoms with Gasteiger partial charge in [-0.05, 0) is 46.2 Å². The predicted octanol–water partition coefficient (Wildman–Crippen LogP) is 3.53. The van der Waals surface area contributed by atoms with Gasteiger partial charge in [0.05, 0.1) is 34.9 Å². The lowest BCUT2D eigenvalue weighted by Crippen LogP contribution is -2.59. The number of carbonyl (C=O) groups is 2. The molecule has 9 heteroatoms. The molecule has 1 aromatic carbocycles. The van der Waals surface area contributed by atoms with E-state index in [0.29, 0.717) is 24.7 Å². The Morgan fingerprint density at radius 3 is 2.93 bits per heavy atom. The number of nitrogens with one attached hydrogen (secondary N) is 1. The third kappa shape index (κ3) is 3.07. The third-order valence-corrected chi connectivity index (χ3v) is 7.01. The van der Waals surface area contributed by atoms with E-state index in [4.69, 9.17) is 14.5 Å². The van der Waals surface area contributed by atoms with E-state index in [0.717, 1.165) is 28.0 Å². The zero-order chi connectivity index (χ0) is 21.2. The van der Waals surface area contributed by atoms with Crippen LogP contribution in [0.25, 0.3) is 10.2 Å². The monoisotopic (exact) mass is 430 g/mol. The number of rotatable bonds is 1. The van der Waals surface area contributed by atoms with E-state index in [1.807, 2.05) is 39.8 Å². The van der Waals surface area contributed by atoms with Gasteiger partial charge in [-0.1, -0.05) is 11.3 Å². The minimum absolute atomic E-state index is 0.0453. The molecule has 3 aliphatic rings. The molecule has 1 N–H and O–H groups in total. The van der Waals surface area contributed by atoms with Gasteiger partial charge >= 0.3 is 12.1 Å². The van der Waals surface area contributed by atoms with Crippen molar-refractivity contribution in [2.75, 3.05) is 18.1 Å². The Bertz CT molecular complexity index is 1030. The normalized spacial score (nSPS) is 25.7. The van der Waals surface area contributed by atoms with Gasteiger partial charge in [0.2, 0.25) is 0 Å². The number of aromatic nitrogens is 1. The topological polar surface area (TPSA) is 84.0 Å². The first kappa shape index (κ1) is 19.4. The first-order valence-corrected chi connectivity index (χ1v) is 11.2. The predicted molar refractivity (Wildman–Crippen MR) is 114 cm³/mol. The van der Waals surface area contributed by atoms with Crippen molar-refractivity contribution in [3.63, 3.8) is 0 Å². The summed E-state index contributed by atoms with van der Waals surface area (Å²) < 4.78 is 12.3. The van der Waals surface area contributed by atoms with Gasteiger partial charge in [0.15, 0.2) is 5.13 Å². The second-order valence-electron chi connectivity index (χ2n) is 9.10. The first-order chi connectivity index (χ1) is 14.2. The van der Waals surface area contributed by atoms with Gasteiger partial charge in [0, 0.05) is 18.5 Å². The van der Waals surface area contributed by atoms with Gasteiger partial charge in [0.25, 0.3) is 0 Å². The molecule has 0 unspecified atom stereocenters. The van der Waals surface area contributed by atoms with Gasteiger partial charge in [0.1, 0.15) is 11.4 Å². The summed E-state index contributed by atoms with van der Waals surface area (Å²) in [6.07, 6.45) is 1.18. The lowest BCUT2D eigenvalue weighted by molar-refractivity contribution is 0.00750. The number of amides is 3. The van der Waals surface area contributed by atoms with Crippen LogP contribution >= 0.6 is 11.3 Å². The van der Waals surface area contributed by atoms with Crippen molar-refractivity contribution < 1.29 is 19.1 Å². The average molecular weight is 431 g/mol. The smallest absolute Gasteiger partial charge is 0.410 e. The number of anilines is 1. The maximum Gasteiger partial charge on any atom is 0.410 e. The number of thiazole rings is 1. The van der Waals surface area contributed by atoms with Gasteiger partial charge in [-0.2, -0.15) is 0 Å². The summed E-state index contributed by atoms with van der Waals surface area (Å²) in [5, 5.41) is 3.78. The first-order valence-electron chi connectivity index (χ1n) is 10.4. The molecule has 0 spiro atoms. The molecule has 8 nitrogen and oxygen atoms in total. The Morgan fingerprint density at radius 1 is 1.37 bits per heavy atom. The SMILES string of the molecule is C[C@@H]1[C@@H]2NC(=O)N(c3nc4c5c(ccc4s3)OCC5)[C@@H]2CCN1C(=O)OC(C)(C)C. The summed E-state index contributed by atoms with van der Waals surface area (Å²) in [6.45, 7) is 8.75. The second-order valence-corrected chi connectivity index (χ2v) is 10.1. The number of piperidine rings is 1. The quantitative estimate of drug-likeness (QED) is 0.748. The van der Waals surface area contributed by atoms with Crippen LogP contribution in [-0.2, 0) is 11.2 Å². The highest BCUT2D eigenvalue weighted by Crippen LogP contribution is 2.40. The molecule has 0 bridgehead atoms. The number of nitrogens with zero attached hydrogens (tertiary/aromatic N) is 3. The Hall–Kier alpha value is -2.55. The fourth-order valence-corrected chi connectivity index (χ4v) is 5.66. The van der Waals surface area contributed by atoms with Crippen molar-refractivity contribution >= 4 is 38.8 Å². The molecule has 2 saturated heterocycles. The maximum absolute atomic E-state index is 12.9. The molecule has 3 amide bonds. The molecule has 2 aromatic rings. The largest absolute Gasteiger partial charge is 0.493 e. The molecule has 30 heavy (non-hydrogen) atoms. The molecule has 0 radical (unpaired) electrons. The van der Waals surface area contributed by atoms with E-state index in [1.54, 1.807) is 9.80 Å². The van der Waals surface area contributed by atoms with Crippen LogP contribution in [-0.4, -0.2) is 58.9 Å².